The highest BCUT2D eigenvalue weighted by Crippen LogP contribution is 2.15. The molecule has 6 heteroatoms. The number of hydrazone groups is 1. The molecular formula is C26H32ClN3O2. The van der Waals surface area contributed by atoms with Crippen molar-refractivity contribution in [1.29, 1.82) is 0 Å². The molecule has 32 heavy (non-hydrogen) atoms. The fraction of sp³-hybridized carbons (Fsp3) is 0.385. The van der Waals surface area contributed by atoms with E-state index in [0.717, 1.165) is 22.5 Å². The zero-order chi connectivity index (χ0) is 23.5. The first-order valence-corrected chi connectivity index (χ1v) is 11.3. The van der Waals surface area contributed by atoms with Gasteiger partial charge in [-0.1, -0.05) is 47.9 Å². The van der Waals surface area contributed by atoms with Crippen LogP contribution in [0.25, 0.3) is 0 Å². The van der Waals surface area contributed by atoms with Crippen LogP contribution in [0.15, 0.2) is 63.9 Å². The quantitative estimate of drug-likeness (QED) is 0.257. The average molecular weight is 454 g/mol. The van der Waals surface area contributed by atoms with Crippen LogP contribution in [0.1, 0.15) is 50.5 Å². The van der Waals surface area contributed by atoms with Crippen molar-refractivity contribution in [3.05, 3.63) is 69.9 Å². The molecule has 5 nitrogen and oxygen atoms in total. The molecule has 0 aliphatic carbocycles. The summed E-state index contributed by atoms with van der Waals surface area (Å²) in [4.78, 5) is 14.5. The summed E-state index contributed by atoms with van der Waals surface area (Å²) in [6.07, 6.45) is 5.66. The van der Waals surface area contributed by atoms with Gasteiger partial charge in [0.25, 0.3) is 5.91 Å². The average Bonchev–Trinajstić information content (AvgIpc) is 2.85. The van der Waals surface area contributed by atoms with Gasteiger partial charge in [0.15, 0.2) is 0 Å². The SMILES string of the molecule is CC=C(Cl)C(C#CC(=CC)N(CC)N=C(C)c1ccc(C(=O)N2CCOCC2)cc1)=CC. The lowest BCUT2D eigenvalue weighted by molar-refractivity contribution is 0.0303. The van der Waals surface area contributed by atoms with Gasteiger partial charge in [-0.15, -0.1) is 0 Å². The molecule has 1 aliphatic heterocycles. The van der Waals surface area contributed by atoms with E-state index in [1.807, 2.05) is 87.0 Å². The van der Waals surface area contributed by atoms with Crippen molar-refractivity contribution < 1.29 is 9.53 Å². The minimum absolute atomic E-state index is 0.0377. The van der Waals surface area contributed by atoms with E-state index in [1.165, 1.54) is 0 Å². The Morgan fingerprint density at radius 3 is 2.25 bits per heavy atom. The number of morpholine rings is 1. The summed E-state index contributed by atoms with van der Waals surface area (Å²) in [6.45, 7) is 12.8. The standard InChI is InChI=1S/C26H32ClN3O2/c1-6-21(25(27)8-3)14-15-24(7-2)30(9-4)28-20(5)22-10-12-23(13-11-22)26(31)29-16-18-32-19-17-29/h6-8,10-13H,9,16-19H2,1-5H3. The van der Waals surface area contributed by atoms with Gasteiger partial charge in [0.1, 0.15) is 5.70 Å². The number of halogens is 1. The number of rotatable bonds is 6. The van der Waals surface area contributed by atoms with Gasteiger partial charge < -0.3 is 9.64 Å². The van der Waals surface area contributed by atoms with E-state index < -0.39 is 0 Å². The highest BCUT2D eigenvalue weighted by Gasteiger charge is 2.18. The highest BCUT2D eigenvalue weighted by molar-refractivity contribution is 6.32. The third-order valence-corrected chi connectivity index (χ3v) is 5.52. The van der Waals surface area contributed by atoms with Gasteiger partial charge in [-0.3, -0.25) is 9.80 Å². The zero-order valence-corrected chi connectivity index (χ0v) is 20.4. The topological polar surface area (TPSA) is 45.1 Å². The maximum Gasteiger partial charge on any atom is 0.254 e. The fourth-order valence-corrected chi connectivity index (χ4v) is 3.34. The molecule has 170 valence electrons. The molecule has 0 unspecified atom stereocenters. The van der Waals surface area contributed by atoms with Crippen molar-refractivity contribution in [3.8, 4) is 11.8 Å². The Kier molecular flexibility index (Phi) is 10.3. The lowest BCUT2D eigenvalue weighted by Gasteiger charge is -2.26. The van der Waals surface area contributed by atoms with Crippen molar-refractivity contribution in [3.63, 3.8) is 0 Å². The first-order chi connectivity index (χ1) is 15.4. The molecular weight excluding hydrogens is 422 g/mol. The van der Waals surface area contributed by atoms with Crippen LogP contribution in [0.3, 0.4) is 0 Å². The van der Waals surface area contributed by atoms with E-state index >= 15 is 0 Å². The maximum atomic E-state index is 12.6. The second-order valence-electron chi connectivity index (χ2n) is 7.15. The van der Waals surface area contributed by atoms with Crippen LogP contribution in [0, 0.1) is 11.8 Å². The molecule has 0 saturated carbocycles. The molecule has 0 spiro atoms. The van der Waals surface area contributed by atoms with Gasteiger partial charge >= 0.3 is 0 Å². The Bertz CT molecular complexity index is 973. The summed E-state index contributed by atoms with van der Waals surface area (Å²) in [5.41, 5.74) is 4.06. The summed E-state index contributed by atoms with van der Waals surface area (Å²) in [5, 5.41) is 7.27. The number of allylic oxidation sites excluding steroid dienone is 6. The summed E-state index contributed by atoms with van der Waals surface area (Å²) in [6, 6.07) is 7.59. The van der Waals surface area contributed by atoms with E-state index in [1.54, 1.807) is 0 Å². The Hall–Kier alpha value is -2.81. The highest BCUT2D eigenvalue weighted by atomic mass is 35.5. The fourth-order valence-electron chi connectivity index (χ4n) is 3.18. The first-order valence-electron chi connectivity index (χ1n) is 10.9. The van der Waals surface area contributed by atoms with Crippen LogP contribution in [0.5, 0.6) is 0 Å². The monoisotopic (exact) mass is 453 g/mol. The number of benzene rings is 1. The third-order valence-electron chi connectivity index (χ3n) is 5.09. The van der Waals surface area contributed by atoms with Crippen LogP contribution in [-0.4, -0.2) is 54.4 Å². The van der Waals surface area contributed by atoms with Gasteiger partial charge in [-0.25, -0.2) is 0 Å². The minimum Gasteiger partial charge on any atom is -0.378 e. The van der Waals surface area contributed by atoms with Crippen molar-refractivity contribution in [2.75, 3.05) is 32.8 Å². The van der Waals surface area contributed by atoms with Crippen molar-refractivity contribution in [1.82, 2.24) is 9.91 Å². The summed E-state index contributed by atoms with van der Waals surface area (Å²) in [5.74, 6) is 6.35. The normalized spacial score (nSPS) is 15.9. The van der Waals surface area contributed by atoms with Crippen molar-refractivity contribution >= 4 is 23.2 Å². The van der Waals surface area contributed by atoms with Crippen LogP contribution >= 0.6 is 11.6 Å². The molecule has 0 atom stereocenters. The van der Waals surface area contributed by atoms with E-state index in [-0.39, 0.29) is 5.91 Å². The molecule has 1 aromatic rings. The molecule has 0 aromatic heterocycles. The molecule has 0 radical (unpaired) electrons. The molecule has 1 saturated heterocycles. The van der Waals surface area contributed by atoms with Crippen molar-refractivity contribution in [2.45, 2.75) is 34.6 Å². The van der Waals surface area contributed by atoms with Gasteiger partial charge in [0, 0.05) is 30.8 Å². The van der Waals surface area contributed by atoms with Gasteiger partial charge in [0.2, 0.25) is 0 Å². The van der Waals surface area contributed by atoms with Crippen LogP contribution in [-0.2, 0) is 4.74 Å². The maximum absolute atomic E-state index is 12.6. The molecule has 1 aliphatic rings. The van der Waals surface area contributed by atoms with Gasteiger partial charge in [0.05, 0.1) is 24.0 Å². The number of carbonyl (C=O) groups is 1. The number of hydrogen-bond acceptors (Lipinski definition) is 4. The second kappa shape index (κ2) is 12.9. The largest absolute Gasteiger partial charge is 0.378 e. The predicted molar refractivity (Wildman–Crippen MR) is 133 cm³/mol. The molecule has 2 rings (SSSR count). The van der Waals surface area contributed by atoms with Gasteiger partial charge in [-0.05, 0) is 58.2 Å². The van der Waals surface area contributed by atoms with E-state index in [0.29, 0.717) is 43.4 Å². The van der Waals surface area contributed by atoms with Gasteiger partial charge in [-0.2, -0.15) is 5.10 Å². The summed E-state index contributed by atoms with van der Waals surface area (Å²) < 4.78 is 5.33. The number of hydrogen-bond donors (Lipinski definition) is 0. The Morgan fingerprint density at radius 2 is 1.72 bits per heavy atom. The molecule has 0 N–H and O–H groups in total. The zero-order valence-electron chi connectivity index (χ0n) is 19.6. The van der Waals surface area contributed by atoms with E-state index in [9.17, 15) is 4.79 Å². The number of amides is 1. The Morgan fingerprint density at radius 1 is 1.09 bits per heavy atom. The second-order valence-corrected chi connectivity index (χ2v) is 7.55. The van der Waals surface area contributed by atoms with E-state index in [2.05, 4.69) is 11.8 Å². The van der Waals surface area contributed by atoms with Crippen LogP contribution in [0.2, 0.25) is 0 Å². The van der Waals surface area contributed by atoms with E-state index in [4.69, 9.17) is 21.4 Å². The number of carbonyl (C=O) groups excluding carboxylic acids is 1. The lowest BCUT2D eigenvalue weighted by atomic mass is 10.1. The predicted octanol–water partition coefficient (Wildman–Crippen LogP) is 5.20. The molecule has 1 amide bonds. The lowest BCUT2D eigenvalue weighted by Crippen LogP contribution is -2.40. The van der Waals surface area contributed by atoms with Crippen LogP contribution < -0.4 is 0 Å². The molecule has 1 fully saturated rings. The van der Waals surface area contributed by atoms with Crippen LogP contribution in [0.4, 0.5) is 0 Å². The third kappa shape index (κ3) is 6.85. The Balaban J connectivity index is 2.19. The number of nitrogens with zero attached hydrogens (tertiary/aromatic N) is 3. The first kappa shape index (κ1) is 25.5. The summed E-state index contributed by atoms with van der Waals surface area (Å²) >= 11 is 6.22. The minimum atomic E-state index is 0.0377. The Labute approximate surface area is 197 Å². The van der Waals surface area contributed by atoms with Crippen molar-refractivity contribution in [2.24, 2.45) is 5.10 Å². The smallest absolute Gasteiger partial charge is 0.254 e. The number of ether oxygens (including phenoxy) is 1. The molecule has 1 aromatic carbocycles. The molecule has 1 heterocycles. The summed E-state index contributed by atoms with van der Waals surface area (Å²) in [7, 11) is 0. The molecule has 0 bridgehead atoms.